The van der Waals surface area contributed by atoms with Gasteiger partial charge in [0.1, 0.15) is 12.5 Å². The number of rotatable bonds is 11. The molecule has 0 bridgehead atoms. The third kappa shape index (κ3) is 5.96. The molecule has 166 valence electrons. The first-order valence-electron chi connectivity index (χ1n) is 9.81. The summed E-state index contributed by atoms with van der Waals surface area (Å²) in [5.74, 6) is -0.803. The third-order valence-electron chi connectivity index (χ3n) is 5.26. The second kappa shape index (κ2) is 9.95. The van der Waals surface area contributed by atoms with Gasteiger partial charge in [0.2, 0.25) is 10.9 Å². The van der Waals surface area contributed by atoms with Gasteiger partial charge in [-0.05, 0) is 23.7 Å². The lowest BCUT2D eigenvalue weighted by atomic mass is 9.82. The number of hydrogen-bond donors (Lipinski definition) is 2. The van der Waals surface area contributed by atoms with Gasteiger partial charge in [0.25, 0.3) is 0 Å². The summed E-state index contributed by atoms with van der Waals surface area (Å²) in [5, 5.41) is 19.1. The minimum atomic E-state index is -0.507. The molecule has 2 N–H and O–H groups in total. The molecule has 8 nitrogen and oxygen atoms in total. The third-order valence-corrected chi connectivity index (χ3v) is 5.26. The second-order valence-corrected chi connectivity index (χ2v) is 8.49. The quantitative estimate of drug-likeness (QED) is 0.530. The first-order valence-corrected chi connectivity index (χ1v) is 9.81. The molecule has 0 saturated heterocycles. The first kappa shape index (κ1) is 23.7. The highest BCUT2D eigenvalue weighted by Crippen LogP contribution is 2.26. The van der Waals surface area contributed by atoms with E-state index >= 15 is 0 Å². The molecular formula is C22H30O8. The summed E-state index contributed by atoms with van der Waals surface area (Å²) < 4.78 is 21.2. The molecule has 0 radical (unpaired) electrons. The van der Waals surface area contributed by atoms with Crippen molar-refractivity contribution in [2.24, 2.45) is 0 Å². The molecule has 0 aliphatic rings. The summed E-state index contributed by atoms with van der Waals surface area (Å²) in [5.41, 5.74) is -1.07. The van der Waals surface area contributed by atoms with Crippen LogP contribution in [-0.4, -0.2) is 36.6 Å². The van der Waals surface area contributed by atoms with Crippen LogP contribution in [-0.2, 0) is 20.3 Å². The molecule has 0 atom stereocenters. The molecule has 0 spiro atoms. The predicted octanol–water partition coefficient (Wildman–Crippen LogP) is 3.07. The predicted molar refractivity (Wildman–Crippen MR) is 110 cm³/mol. The Labute approximate surface area is 175 Å². The van der Waals surface area contributed by atoms with Crippen molar-refractivity contribution in [3.05, 3.63) is 56.6 Å². The molecule has 30 heavy (non-hydrogen) atoms. The molecule has 0 unspecified atom stereocenters. The topological polar surface area (TPSA) is 119 Å². The maximum atomic E-state index is 12.0. The van der Waals surface area contributed by atoms with E-state index < -0.39 is 33.2 Å². The zero-order valence-electron chi connectivity index (χ0n) is 17.9. The van der Waals surface area contributed by atoms with E-state index in [9.17, 15) is 19.8 Å². The Kier molecular flexibility index (Phi) is 7.86. The highest BCUT2D eigenvalue weighted by molar-refractivity contribution is 5.27. The fourth-order valence-electron chi connectivity index (χ4n) is 3.00. The molecule has 2 aromatic rings. The molecule has 0 aliphatic carbocycles. The van der Waals surface area contributed by atoms with E-state index in [-0.39, 0.29) is 0 Å². The molecule has 2 heterocycles. The average Bonchev–Trinajstić information content (AvgIpc) is 2.67. The highest BCUT2D eigenvalue weighted by atomic mass is 16.5. The van der Waals surface area contributed by atoms with Crippen LogP contribution in [0, 0.1) is 0 Å². The Bertz CT molecular complexity index is 861. The van der Waals surface area contributed by atoms with Gasteiger partial charge in [-0.2, -0.15) is 0 Å². The zero-order chi connectivity index (χ0) is 22.4. The molecular weight excluding hydrogens is 392 g/mol. The summed E-state index contributed by atoms with van der Waals surface area (Å²) in [6.45, 7) is 9.16. The lowest BCUT2D eigenvalue weighted by Gasteiger charge is -2.24. The van der Waals surface area contributed by atoms with Crippen LogP contribution in [0.5, 0.6) is 11.5 Å². The summed E-state index contributed by atoms with van der Waals surface area (Å²) in [6, 6.07) is 0. The van der Waals surface area contributed by atoms with Gasteiger partial charge in [-0.3, -0.25) is 9.59 Å². The molecule has 2 rings (SSSR count). The molecule has 8 heteroatoms. The van der Waals surface area contributed by atoms with Gasteiger partial charge >= 0.3 is 0 Å². The van der Waals surface area contributed by atoms with Gasteiger partial charge in [-0.1, -0.05) is 27.7 Å². The molecule has 0 aromatic carbocycles. The molecule has 0 amide bonds. The van der Waals surface area contributed by atoms with Gasteiger partial charge in [0.05, 0.1) is 25.7 Å². The van der Waals surface area contributed by atoms with Crippen molar-refractivity contribution in [2.75, 3.05) is 26.4 Å². The van der Waals surface area contributed by atoms with E-state index in [1.54, 1.807) is 0 Å². The Morgan fingerprint density at radius 3 is 1.43 bits per heavy atom. The Morgan fingerprint density at radius 2 is 1.07 bits per heavy atom. The van der Waals surface area contributed by atoms with Crippen LogP contribution in [0.25, 0.3) is 0 Å². The minimum absolute atomic E-state index is 0.388. The van der Waals surface area contributed by atoms with E-state index in [4.69, 9.17) is 18.3 Å². The smallest absolute Gasteiger partial charge is 0.230 e. The van der Waals surface area contributed by atoms with Crippen LogP contribution < -0.4 is 10.9 Å². The Hall–Kier alpha value is -2.58. The normalized spacial score (nSPS) is 12.3. The molecule has 0 saturated carbocycles. The van der Waals surface area contributed by atoms with Crippen molar-refractivity contribution in [3.8, 4) is 11.5 Å². The molecule has 0 aliphatic heterocycles. The zero-order valence-corrected chi connectivity index (χ0v) is 17.9. The SMILES string of the molecule is CC(C)(CCOCCOCCC(C)(C)c1cocc(O)c1=O)c1cocc(O)c1=O. The summed E-state index contributed by atoms with van der Waals surface area (Å²) in [6.07, 6.45) is 5.90. The van der Waals surface area contributed by atoms with E-state index in [0.717, 1.165) is 12.5 Å². The summed E-state index contributed by atoms with van der Waals surface area (Å²) in [4.78, 5) is 24.1. The van der Waals surface area contributed by atoms with Gasteiger partial charge < -0.3 is 28.5 Å². The van der Waals surface area contributed by atoms with E-state index in [1.165, 1.54) is 12.5 Å². The number of ether oxygens (including phenoxy) is 2. The lowest BCUT2D eigenvalue weighted by Crippen LogP contribution is -2.27. The number of aromatic hydroxyl groups is 2. The fourth-order valence-corrected chi connectivity index (χ4v) is 3.00. The van der Waals surface area contributed by atoms with Gasteiger partial charge in [0.15, 0.2) is 11.5 Å². The van der Waals surface area contributed by atoms with Crippen molar-refractivity contribution in [1.29, 1.82) is 0 Å². The molecule has 0 fully saturated rings. The Morgan fingerprint density at radius 1 is 0.700 bits per heavy atom. The fraction of sp³-hybridized carbons (Fsp3) is 0.545. The van der Waals surface area contributed by atoms with Crippen LogP contribution >= 0.6 is 0 Å². The van der Waals surface area contributed by atoms with Crippen molar-refractivity contribution in [1.82, 2.24) is 0 Å². The monoisotopic (exact) mass is 422 g/mol. The largest absolute Gasteiger partial charge is 0.502 e. The standard InChI is InChI=1S/C22H30O8/c1-21(2,15-11-29-13-17(23)19(15)25)5-7-27-9-10-28-8-6-22(3,4)16-12-30-14-18(24)20(16)26/h11-14,23-24H,5-10H2,1-4H3. The van der Waals surface area contributed by atoms with Crippen molar-refractivity contribution in [3.63, 3.8) is 0 Å². The van der Waals surface area contributed by atoms with Crippen LogP contribution in [0.4, 0.5) is 0 Å². The van der Waals surface area contributed by atoms with Crippen molar-refractivity contribution < 1.29 is 28.5 Å². The first-order chi connectivity index (χ1) is 14.1. The van der Waals surface area contributed by atoms with E-state index in [0.29, 0.717) is 50.4 Å². The van der Waals surface area contributed by atoms with Gasteiger partial charge in [-0.25, -0.2) is 0 Å². The van der Waals surface area contributed by atoms with Crippen molar-refractivity contribution >= 4 is 0 Å². The second-order valence-electron chi connectivity index (χ2n) is 8.49. The minimum Gasteiger partial charge on any atom is -0.502 e. The van der Waals surface area contributed by atoms with Gasteiger partial charge in [-0.15, -0.1) is 0 Å². The van der Waals surface area contributed by atoms with Crippen LogP contribution in [0.1, 0.15) is 51.7 Å². The van der Waals surface area contributed by atoms with Crippen molar-refractivity contribution in [2.45, 2.75) is 51.4 Å². The van der Waals surface area contributed by atoms with Gasteiger partial charge in [0, 0.05) is 24.3 Å². The summed E-state index contributed by atoms with van der Waals surface area (Å²) >= 11 is 0. The Balaban J connectivity index is 1.70. The maximum absolute atomic E-state index is 12.0. The molecule has 2 aromatic heterocycles. The number of hydrogen-bond acceptors (Lipinski definition) is 8. The lowest BCUT2D eigenvalue weighted by molar-refractivity contribution is 0.0369. The van der Waals surface area contributed by atoms with Crippen LogP contribution in [0.15, 0.2) is 43.5 Å². The van der Waals surface area contributed by atoms with E-state index in [1.807, 2.05) is 27.7 Å². The van der Waals surface area contributed by atoms with E-state index in [2.05, 4.69) is 0 Å². The average molecular weight is 422 g/mol. The summed E-state index contributed by atoms with van der Waals surface area (Å²) in [7, 11) is 0. The maximum Gasteiger partial charge on any atom is 0.230 e. The highest BCUT2D eigenvalue weighted by Gasteiger charge is 2.26. The van der Waals surface area contributed by atoms with Crippen LogP contribution in [0.3, 0.4) is 0 Å². The van der Waals surface area contributed by atoms with Crippen LogP contribution in [0.2, 0.25) is 0 Å².